The standard InChI is InChI=1S/C23H25N7O7S2/c1-4-36-21(35)23(2,3)37-27-14(16-26-22(24)39-28-16)17(31)25-15-18(32)30-10-12(11-38-19(15)30)9-29-7-5-13(6-8-29)20(33)34/h5-8,10,15,19H,4,9,11H2,1-3H3,(H3-,24,25,26,28,31,33,34)/p+1/t15?,19-/m1/s1. The van der Waals surface area contributed by atoms with Crippen molar-refractivity contribution in [2.75, 3.05) is 18.1 Å². The minimum absolute atomic E-state index is 0.0945. The van der Waals surface area contributed by atoms with Gasteiger partial charge < -0.3 is 30.6 Å². The van der Waals surface area contributed by atoms with Crippen LogP contribution in [0.3, 0.4) is 0 Å². The molecule has 2 aliphatic rings. The van der Waals surface area contributed by atoms with Crippen LogP contribution in [0.5, 0.6) is 0 Å². The number of carbonyl (C=O) groups excluding carboxylic acids is 3. The van der Waals surface area contributed by atoms with Gasteiger partial charge in [0.25, 0.3) is 11.8 Å². The van der Waals surface area contributed by atoms with Crippen LogP contribution in [0.2, 0.25) is 0 Å². The Kier molecular flexibility index (Phi) is 8.15. The van der Waals surface area contributed by atoms with Crippen molar-refractivity contribution in [2.24, 2.45) is 5.16 Å². The molecule has 2 aromatic heterocycles. The molecular weight excluding hydrogens is 550 g/mol. The van der Waals surface area contributed by atoms with Crippen LogP contribution in [0.15, 0.2) is 41.5 Å². The molecule has 16 heteroatoms. The summed E-state index contributed by atoms with van der Waals surface area (Å²) in [6.07, 6.45) is 5.06. The molecule has 0 aliphatic carbocycles. The van der Waals surface area contributed by atoms with E-state index in [-0.39, 0.29) is 40.1 Å². The number of aromatic nitrogens is 3. The number of esters is 1. The van der Waals surface area contributed by atoms with Gasteiger partial charge in [-0.15, -0.1) is 11.8 Å². The molecule has 14 nitrogen and oxygen atoms in total. The average molecular weight is 577 g/mol. The van der Waals surface area contributed by atoms with E-state index >= 15 is 0 Å². The fraction of sp³-hybridized carbons (Fsp3) is 0.391. The lowest BCUT2D eigenvalue weighted by atomic mass is 10.1. The van der Waals surface area contributed by atoms with Crippen molar-refractivity contribution in [3.05, 3.63) is 47.7 Å². The number of fused-ring (bicyclic) bond motifs is 1. The molecule has 0 aromatic carbocycles. The molecule has 1 unspecified atom stereocenters. The zero-order valence-corrected chi connectivity index (χ0v) is 22.8. The van der Waals surface area contributed by atoms with E-state index in [4.69, 9.17) is 20.4 Å². The minimum Gasteiger partial charge on any atom is -0.478 e. The maximum atomic E-state index is 13.2. The number of nitrogens with two attached hydrogens (primary N) is 1. The molecular formula is C23H26N7O7S2+. The van der Waals surface area contributed by atoms with E-state index < -0.39 is 29.5 Å². The van der Waals surface area contributed by atoms with E-state index in [0.717, 1.165) is 17.1 Å². The number of oxime groups is 1. The summed E-state index contributed by atoms with van der Waals surface area (Å²) in [5, 5.41) is 15.3. The number of hydrogen-bond acceptors (Lipinski definition) is 12. The number of rotatable bonds is 10. The van der Waals surface area contributed by atoms with Gasteiger partial charge in [0.05, 0.1) is 12.2 Å². The van der Waals surface area contributed by atoms with Crippen molar-refractivity contribution in [2.45, 2.75) is 44.3 Å². The van der Waals surface area contributed by atoms with E-state index in [1.807, 2.05) is 4.57 Å². The molecule has 1 saturated heterocycles. The number of carboxylic acid groups (broad SMARTS) is 1. The first-order chi connectivity index (χ1) is 18.5. The molecule has 4 N–H and O–H groups in total. The maximum absolute atomic E-state index is 13.2. The van der Waals surface area contributed by atoms with Crippen molar-refractivity contribution >= 4 is 57.9 Å². The van der Waals surface area contributed by atoms with Crippen molar-refractivity contribution in [3.63, 3.8) is 0 Å². The number of nitrogen functional groups attached to an aromatic ring is 1. The Balaban J connectivity index is 1.44. The second-order valence-corrected chi connectivity index (χ2v) is 10.9. The van der Waals surface area contributed by atoms with E-state index in [9.17, 15) is 19.2 Å². The summed E-state index contributed by atoms with van der Waals surface area (Å²) in [6.45, 7) is 5.12. The molecule has 39 heavy (non-hydrogen) atoms. The number of amides is 2. The lowest BCUT2D eigenvalue weighted by Crippen LogP contribution is -2.69. The molecule has 2 aliphatic heterocycles. The smallest absolute Gasteiger partial charge is 0.352 e. The van der Waals surface area contributed by atoms with Gasteiger partial charge in [0.15, 0.2) is 24.1 Å². The van der Waals surface area contributed by atoms with Crippen molar-refractivity contribution < 1.29 is 38.4 Å². The molecule has 2 aromatic rings. The number of aromatic carboxylic acids is 1. The number of nitrogens with zero attached hydrogens (tertiary/aromatic N) is 5. The number of nitrogens with one attached hydrogen (secondary N) is 1. The molecule has 1 fully saturated rings. The fourth-order valence-corrected chi connectivity index (χ4v) is 5.30. The number of pyridine rings is 1. The highest BCUT2D eigenvalue weighted by molar-refractivity contribution is 8.00. The Labute approximate surface area is 231 Å². The van der Waals surface area contributed by atoms with Gasteiger partial charge in [0, 0.05) is 41.2 Å². The second kappa shape index (κ2) is 11.4. The van der Waals surface area contributed by atoms with Crippen LogP contribution < -0.4 is 15.6 Å². The molecule has 0 bridgehead atoms. The third-order valence-electron chi connectivity index (χ3n) is 5.65. The third kappa shape index (κ3) is 6.17. The summed E-state index contributed by atoms with van der Waals surface area (Å²) in [5.41, 5.74) is 4.95. The highest BCUT2D eigenvalue weighted by Gasteiger charge is 2.50. The van der Waals surface area contributed by atoms with Gasteiger partial charge in [0.1, 0.15) is 11.4 Å². The average Bonchev–Trinajstić information content (AvgIpc) is 3.33. The van der Waals surface area contributed by atoms with Crippen LogP contribution in [0, 0.1) is 0 Å². The number of thioether (sulfide) groups is 1. The van der Waals surface area contributed by atoms with Crippen molar-refractivity contribution in [3.8, 4) is 0 Å². The number of hydrogen-bond donors (Lipinski definition) is 3. The number of anilines is 1. The van der Waals surface area contributed by atoms with E-state index in [2.05, 4.69) is 19.8 Å². The third-order valence-corrected chi connectivity index (χ3v) is 7.57. The predicted molar refractivity (Wildman–Crippen MR) is 139 cm³/mol. The van der Waals surface area contributed by atoms with E-state index in [1.165, 1.54) is 42.6 Å². The Bertz CT molecular complexity index is 1360. The van der Waals surface area contributed by atoms with E-state index in [0.29, 0.717) is 12.3 Å². The highest BCUT2D eigenvalue weighted by Crippen LogP contribution is 2.36. The predicted octanol–water partition coefficient (Wildman–Crippen LogP) is 0.152. The second-order valence-electron chi connectivity index (χ2n) is 8.97. The zero-order chi connectivity index (χ0) is 28.3. The van der Waals surface area contributed by atoms with Crippen LogP contribution >= 0.6 is 23.3 Å². The van der Waals surface area contributed by atoms with Gasteiger partial charge in [-0.05, 0) is 20.8 Å². The van der Waals surface area contributed by atoms with Gasteiger partial charge in [0.2, 0.25) is 17.1 Å². The lowest BCUT2D eigenvalue weighted by Gasteiger charge is -2.47. The summed E-state index contributed by atoms with van der Waals surface area (Å²) < 4.78 is 10.8. The van der Waals surface area contributed by atoms with Gasteiger partial charge in [-0.2, -0.15) is 9.36 Å². The summed E-state index contributed by atoms with van der Waals surface area (Å²) in [4.78, 5) is 60.1. The SMILES string of the molecule is CCOC(=O)C(C)(C)ON=C(C(=O)NC1C(=O)N2C=C(C[n+]3ccc(C(=O)O)cc3)CS[C@H]12)c1nsc(N)n1. The van der Waals surface area contributed by atoms with Gasteiger partial charge in [-0.25, -0.2) is 14.2 Å². The Hall–Kier alpha value is -4.05. The molecule has 206 valence electrons. The molecule has 0 saturated carbocycles. The maximum Gasteiger partial charge on any atom is 0.352 e. The van der Waals surface area contributed by atoms with Crippen LogP contribution in [0.4, 0.5) is 5.13 Å². The van der Waals surface area contributed by atoms with Gasteiger partial charge in [-0.1, -0.05) is 5.16 Å². The Morgan fingerprint density at radius 3 is 2.67 bits per heavy atom. The monoisotopic (exact) mass is 576 g/mol. The van der Waals surface area contributed by atoms with Crippen LogP contribution in [-0.4, -0.2) is 78.2 Å². The quantitative estimate of drug-likeness (QED) is 0.115. The van der Waals surface area contributed by atoms with E-state index in [1.54, 1.807) is 25.5 Å². The first kappa shape index (κ1) is 28.0. The Morgan fingerprint density at radius 1 is 1.33 bits per heavy atom. The molecule has 2 amide bonds. The fourth-order valence-electron chi connectivity index (χ4n) is 3.61. The highest BCUT2D eigenvalue weighted by atomic mass is 32.2. The number of carboxylic acids is 1. The van der Waals surface area contributed by atoms with Crippen LogP contribution in [-0.2, 0) is 30.5 Å². The normalized spacial score (nSPS) is 18.9. The molecule has 0 radical (unpaired) electrons. The molecule has 4 heterocycles. The number of ether oxygens (including phenoxy) is 1. The lowest BCUT2D eigenvalue weighted by molar-refractivity contribution is -0.689. The summed E-state index contributed by atoms with van der Waals surface area (Å²) >= 11 is 2.32. The first-order valence-electron chi connectivity index (χ1n) is 11.7. The first-order valence-corrected chi connectivity index (χ1v) is 13.5. The summed E-state index contributed by atoms with van der Waals surface area (Å²) in [5.74, 6) is -2.29. The van der Waals surface area contributed by atoms with Crippen molar-refractivity contribution in [1.29, 1.82) is 0 Å². The van der Waals surface area contributed by atoms with Crippen LogP contribution in [0.1, 0.15) is 37.0 Å². The topological polar surface area (TPSA) is 190 Å². The van der Waals surface area contributed by atoms with Gasteiger partial charge in [-0.3, -0.25) is 9.59 Å². The molecule has 2 atom stereocenters. The number of carbonyl (C=O) groups is 4. The zero-order valence-electron chi connectivity index (χ0n) is 21.2. The minimum atomic E-state index is -1.50. The van der Waals surface area contributed by atoms with Crippen molar-refractivity contribution in [1.82, 2.24) is 19.6 Å². The van der Waals surface area contributed by atoms with Gasteiger partial charge >= 0.3 is 11.9 Å². The number of β-lactam (4-membered cyclic amide) rings is 1. The largest absolute Gasteiger partial charge is 0.478 e. The molecule has 0 spiro atoms. The van der Waals surface area contributed by atoms with Crippen LogP contribution in [0.25, 0.3) is 0 Å². The summed E-state index contributed by atoms with van der Waals surface area (Å²) in [7, 11) is 0. The summed E-state index contributed by atoms with van der Waals surface area (Å²) in [6, 6.07) is 2.18. The molecule has 4 rings (SSSR count). The Morgan fingerprint density at radius 2 is 2.05 bits per heavy atom.